The number of benzene rings is 1. The highest BCUT2D eigenvalue weighted by Crippen LogP contribution is 2.22. The molecule has 0 spiro atoms. The van der Waals surface area contributed by atoms with Gasteiger partial charge in [-0.2, -0.15) is 4.31 Å². The van der Waals surface area contributed by atoms with Crippen LogP contribution in [0.25, 0.3) is 0 Å². The van der Waals surface area contributed by atoms with Crippen molar-refractivity contribution in [1.82, 2.24) is 9.62 Å². The zero-order valence-electron chi connectivity index (χ0n) is 12.8. The summed E-state index contributed by atoms with van der Waals surface area (Å²) in [4.78, 5) is 0.793. The van der Waals surface area contributed by atoms with Gasteiger partial charge in [0.2, 0.25) is 10.0 Å². The topological polar surface area (TPSA) is 49.4 Å². The van der Waals surface area contributed by atoms with Gasteiger partial charge >= 0.3 is 0 Å². The lowest BCUT2D eigenvalue weighted by Crippen LogP contribution is -2.53. The fourth-order valence-corrected chi connectivity index (χ4v) is 5.03. The smallest absolute Gasteiger partial charge is 0.244 e. The second kappa shape index (κ2) is 7.05. The van der Waals surface area contributed by atoms with Crippen molar-refractivity contribution in [1.29, 1.82) is 0 Å². The number of allylic oxidation sites excluding steroid dienone is 4. The largest absolute Gasteiger partial charge is 0.311 e. The summed E-state index contributed by atoms with van der Waals surface area (Å²) in [6.45, 7) is 1.62. The summed E-state index contributed by atoms with van der Waals surface area (Å²) in [6.07, 6.45) is 6.62. The van der Waals surface area contributed by atoms with Crippen molar-refractivity contribution in [2.75, 3.05) is 19.6 Å². The van der Waals surface area contributed by atoms with Crippen molar-refractivity contribution in [3.8, 4) is 0 Å². The van der Waals surface area contributed by atoms with Crippen LogP contribution in [0.5, 0.6) is 0 Å². The zero-order valence-corrected chi connectivity index (χ0v) is 14.4. The molecule has 1 heterocycles. The molecule has 1 aliphatic heterocycles. The van der Waals surface area contributed by atoms with Crippen LogP contribution in [-0.4, -0.2) is 43.3 Å². The van der Waals surface area contributed by atoms with Gasteiger partial charge in [-0.15, -0.1) is 0 Å². The van der Waals surface area contributed by atoms with E-state index in [-0.39, 0.29) is 10.9 Å². The molecule has 0 saturated carbocycles. The molecule has 3 rings (SSSR count). The molecule has 0 radical (unpaired) electrons. The summed E-state index contributed by atoms with van der Waals surface area (Å²) < 4.78 is 27.3. The van der Waals surface area contributed by atoms with Crippen molar-refractivity contribution >= 4 is 27.1 Å². The number of nitrogens with one attached hydrogen (secondary N) is 1. The lowest BCUT2D eigenvalue weighted by atomic mass is 10.1. The molecule has 0 aromatic heterocycles. The molecule has 1 aliphatic carbocycles. The van der Waals surface area contributed by atoms with E-state index in [0.29, 0.717) is 30.9 Å². The van der Waals surface area contributed by atoms with Gasteiger partial charge in [0.1, 0.15) is 0 Å². The predicted molar refractivity (Wildman–Crippen MR) is 96.9 cm³/mol. The number of hydrogen-bond acceptors (Lipinski definition) is 4. The van der Waals surface area contributed by atoms with Gasteiger partial charge in [0.05, 0.1) is 4.91 Å². The molecule has 6 heteroatoms. The molecule has 122 valence electrons. The summed E-state index contributed by atoms with van der Waals surface area (Å²) >= 11 is 5.24. The van der Waals surface area contributed by atoms with E-state index in [0.717, 1.165) is 6.42 Å². The molecular formula is C17H20N2O2S2. The van der Waals surface area contributed by atoms with Gasteiger partial charge in [-0.1, -0.05) is 54.7 Å². The lowest BCUT2D eigenvalue weighted by Gasteiger charge is -2.33. The molecule has 1 atom stereocenters. The van der Waals surface area contributed by atoms with Crippen LogP contribution < -0.4 is 5.32 Å². The zero-order chi connectivity index (χ0) is 16.3. The van der Waals surface area contributed by atoms with E-state index in [1.807, 2.05) is 24.3 Å². The first-order valence-electron chi connectivity index (χ1n) is 7.75. The Kier molecular flexibility index (Phi) is 5.06. The summed E-state index contributed by atoms with van der Waals surface area (Å²) in [5, 5.41) is 3.41. The Morgan fingerprint density at radius 2 is 2.04 bits per heavy atom. The van der Waals surface area contributed by atoms with Gasteiger partial charge in [0.25, 0.3) is 0 Å². The average molecular weight is 348 g/mol. The normalized spacial score (nSPS) is 22.9. The van der Waals surface area contributed by atoms with Gasteiger partial charge in [-0.3, -0.25) is 0 Å². The minimum absolute atomic E-state index is 0.120. The molecule has 0 unspecified atom stereocenters. The van der Waals surface area contributed by atoms with Crippen LogP contribution in [0.3, 0.4) is 0 Å². The number of piperazine rings is 1. The Balaban J connectivity index is 1.74. The fourth-order valence-electron chi connectivity index (χ4n) is 2.94. The van der Waals surface area contributed by atoms with Crippen LogP contribution in [0, 0.1) is 0 Å². The lowest BCUT2D eigenvalue weighted by molar-refractivity contribution is 0.299. The van der Waals surface area contributed by atoms with Crippen LogP contribution in [0.15, 0.2) is 53.5 Å². The first kappa shape index (κ1) is 16.5. The van der Waals surface area contributed by atoms with Crippen molar-refractivity contribution < 1.29 is 8.42 Å². The molecule has 0 bridgehead atoms. The highest BCUT2D eigenvalue weighted by atomic mass is 32.2. The third kappa shape index (κ3) is 3.77. The molecule has 1 N–H and O–H groups in total. The van der Waals surface area contributed by atoms with Crippen LogP contribution in [0.4, 0.5) is 0 Å². The monoisotopic (exact) mass is 348 g/mol. The fraction of sp³-hybridized carbons (Fsp3) is 0.353. The van der Waals surface area contributed by atoms with Gasteiger partial charge < -0.3 is 5.32 Å². The predicted octanol–water partition coefficient (Wildman–Crippen LogP) is 2.05. The number of hydrogen-bond donors (Lipinski definition) is 1. The van der Waals surface area contributed by atoms with Crippen LogP contribution >= 0.6 is 12.2 Å². The third-order valence-corrected chi connectivity index (χ3v) is 6.59. The number of sulfonamides is 1. The third-order valence-electron chi connectivity index (χ3n) is 4.12. The van der Waals surface area contributed by atoms with Gasteiger partial charge in [0, 0.05) is 37.0 Å². The Bertz CT molecular complexity index is 739. The Morgan fingerprint density at radius 3 is 2.78 bits per heavy atom. The summed E-state index contributed by atoms with van der Waals surface area (Å²) in [6, 6.07) is 10.2. The number of thiocarbonyl (C=S) groups is 1. The summed E-state index contributed by atoms with van der Waals surface area (Å²) in [7, 11) is -3.50. The highest BCUT2D eigenvalue weighted by Gasteiger charge is 2.33. The summed E-state index contributed by atoms with van der Waals surface area (Å²) in [5.41, 5.74) is 1.21. The van der Waals surface area contributed by atoms with E-state index < -0.39 is 10.0 Å². The molecule has 1 aromatic carbocycles. The maximum Gasteiger partial charge on any atom is 0.244 e. The second-order valence-electron chi connectivity index (χ2n) is 5.79. The van der Waals surface area contributed by atoms with E-state index in [1.165, 1.54) is 5.56 Å². The van der Waals surface area contributed by atoms with Crippen molar-refractivity contribution in [3.05, 3.63) is 59.0 Å². The minimum atomic E-state index is -3.50. The van der Waals surface area contributed by atoms with Crippen LogP contribution in [0.2, 0.25) is 0 Å². The van der Waals surface area contributed by atoms with E-state index in [1.54, 1.807) is 16.5 Å². The van der Waals surface area contributed by atoms with Crippen molar-refractivity contribution in [2.45, 2.75) is 18.9 Å². The second-order valence-corrected chi connectivity index (χ2v) is 8.19. The molecule has 0 amide bonds. The van der Waals surface area contributed by atoms with E-state index in [9.17, 15) is 8.42 Å². The minimum Gasteiger partial charge on any atom is -0.311 e. The molecular weight excluding hydrogens is 328 g/mol. The van der Waals surface area contributed by atoms with Gasteiger partial charge in [-0.05, 0) is 18.1 Å². The molecule has 4 nitrogen and oxygen atoms in total. The Labute approximate surface area is 142 Å². The molecule has 1 aromatic rings. The van der Waals surface area contributed by atoms with Crippen LogP contribution in [-0.2, 0) is 16.4 Å². The van der Waals surface area contributed by atoms with Gasteiger partial charge in [0.15, 0.2) is 0 Å². The number of nitrogens with zero attached hydrogens (tertiary/aromatic N) is 1. The summed E-state index contributed by atoms with van der Waals surface area (Å²) in [5.74, 6) is 0. The van der Waals surface area contributed by atoms with Gasteiger partial charge in [-0.25, -0.2) is 8.42 Å². The molecule has 1 fully saturated rings. The number of rotatable bonds is 4. The van der Waals surface area contributed by atoms with E-state index in [4.69, 9.17) is 12.2 Å². The average Bonchev–Trinajstić information content (AvgIpc) is 2.56. The Hall–Kier alpha value is -1.34. The first-order valence-corrected chi connectivity index (χ1v) is 9.60. The maximum absolute atomic E-state index is 12.9. The maximum atomic E-state index is 12.9. The van der Waals surface area contributed by atoms with Crippen LogP contribution in [0.1, 0.15) is 12.0 Å². The Morgan fingerprint density at radius 1 is 1.26 bits per heavy atom. The quantitative estimate of drug-likeness (QED) is 0.846. The SMILES string of the molecule is O=S(=O)(C1=CC=CCC1=S)N1CCN[C@@H](Cc2ccccc2)C1. The van der Waals surface area contributed by atoms with Crippen molar-refractivity contribution in [3.63, 3.8) is 0 Å². The van der Waals surface area contributed by atoms with E-state index >= 15 is 0 Å². The molecule has 1 saturated heterocycles. The first-order chi connectivity index (χ1) is 11.1. The molecule has 2 aliphatic rings. The highest BCUT2D eigenvalue weighted by molar-refractivity contribution is 7.96. The molecule has 23 heavy (non-hydrogen) atoms. The van der Waals surface area contributed by atoms with Crippen molar-refractivity contribution in [2.24, 2.45) is 0 Å². The van der Waals surface area contributed by atoms with E-state index in [2.05, 4.69) is 17.4 Å². The standard InChI is InChI=1S/C17H20N2O2S2/c20-23(21,17-9-5-4-8-16(17)22)19-11-10-18-15(13-19)12-14-6-2-1-3-7-14/h1-7,9,15,18H,8,10-13H2/t15-/m0/s1.